The molecule has 0 bridgehead atoms. The lowest BCUT2D eigenvalue weighted by Crippen LogP contribution is -2.12. The van der Waals surface area contributed by atoms with E-state index in [-0.39, 0.29) is 0 Å². The van der Waals surface area contributed by atoms with Crippen LogP contribution in [-0.2, 0) is 0 Å². The highest BCUT2D eigenvalue weighted by Crippen LogP contribution is 2.40. The Morgan fingerprint density at radius 3 is 1.85 bits per heavy atom. The zero-order chi connectivity index (χ0) is 19.1. The third-order valence-corrected chi connectivity index (χ3v) is 6.46. The normalized spacial score (nSPS) is 20.8. The van der Waals surface area contributed by atoms with Crippen LogP contribution < -0.4 is 0 Å². The molecule has 0 saturated heterocycles. The van der Waals surface area contributed by atoms with Crippen molar-refractivity contribution >= 4 is 0 Å². The van der Waals surface area contributed by atoms with Crippen LogP contribution in [0.15, 0.2) is 48.5 Å². The molecule has 0 aromatic heterocycles. The van der Waals surface area contributed by atoms with Crippen molar-refractivity contribution in [3.8, 4) is 6.07 Å². The van der Waals surface area contributed by atoms with Gasteiger partial charge in [0.05, 0.1) is 11.6 Å². The number of unbranched alkanes of at least 4 members (excludes halogenated alkanes) is 2. The number of nitriles is 1. The molecule has 1 nitrogen and oxygen atoms in total. The molecule has 1 saturated carbocycles. The first-order chi connectivity index (χ1) is 13.2. The van der Waals surface area contributed by atoms with Crippen LogP contribution in [0.5, 0.6) is 0 Å². The van der Waals surface area contributed by atoms with Gasteiger partial charge in [0.25, 0.3) is 0 Å². The molecule has 27 heavy (non-hydrogen) atoms. The molecular weight excluding hydrogens is 326 g/mol. The van der Waals surface area contributed by atoms with Gasteiger partial charge in [-0.3, -0.25) is 0 Å². The van der Waals surface area contributed by atoms with E-state index in [1.54, 1.807) is 0 Å². The highest BCUT2D eigenvalue weighted by atomic mass is 14.3. The van der Waals surface area contributed by atoms with Crippen LogP contribution >= 0.6 is 0 Å². The van der Waals surface area contributed by atoms with Crippen molar-refractivity contribution in [2.45, 2.75) is 83.0 Å². The monoisotopic (exact) mass is 359 g/mol. The lowest BCUT2D eigenvalue weighted by molar-refractivity contribution is 0.396. The zero-order valence-corrected chi connectivity index (χ0v) is 17.0. The molecular formula is C26H33N. The zero-order valence-electron chi connectivity index (χ0n) is 17.0. The second kappa shape index (κ2) is 9.75. The van der Waals surface area contributed by atoms with Crippen molar-refractivity contribution in [3.05, 3.63) is 70.8 Å². The van der Waals surface area contributed by atoms with Gasteiger partial charge >= 0.3 is 0 Å². The minimum absolute atomic E-state index is 0.659. The van der Waals surface area contributed by atoms with Crippen LogP contribution in [0.25, 0.3) is 0 Å². The molecule has 1 atom stereocenters. The Labute approximate surface area is 165 Å². The largest absolute Gasteiger partial charge is 0.192 e. The summed E-state index contributed by atoms with van der Waals surface area (Å²) >= 11 is 0. The Morgan fingerprint density at radius 2 is 1.37 bits per heavy atom. The van der Waals surface area contributed by atoms with Gasteiger partial charge in [-0.05, 0) is 78.7 Å². The van der Waals surface area contributed by atoms with Crippen LogP contribution in [-0.4, -0.2) is 0 Å². The summed E-state index contributed by atoms with van der Waals surface area (Å²) in [7, 11) is 0. The summed E-state index contributed by atoms with van der Waals surface area (Å²) in [5.41, 5.74) is 5.19. The third kappa shape index (κ3) is 5.23. The fourth-order valence-corrected chi connectivity index (χ4v) is 4.55. The predicted octanol–water partition coefficient (Wildman–Crippen LogP) is 7.68. The highest BCUT2D eigenvalue weighted by molar-refractivity contribution is 5.34. The molecule has 1 aliphatic rings. The molecule has 0 amide bonds. The standard InChI is InChI=1S/C26H33N/c1-3-4-5-6-20(2)22-11-13-24(14-12-22)26-17-15-25(16-18-26)23-9-7-21(19-27)8-10-23/h7-14,20,25-26H,3-6,15-18H2,1-2H3/t20?,25-,26-. The summed E-state index contributed by atoms with van der Waals surface area (Å²) in [6, 6.07) is 20.0. The summed E-state index contributed by atoms with van der Waals surface area (Å²) in [6.45, 7) is 4.64. The molecule has 2 aromatic carbocycles. The lowest BCUT2D eigenvalue weighted by Gasteiger charge is -2.29. The van der Waals surface area contributed by atoms with Crippen molar-refractivity contribution in [2.24, 2.45) is 0 Å². The third-order valence-electron chi connectivity index (χ3n) is 6.46. The van der Waals surface area contributed by atoms with E-state index >= 15 is 0 Å². The Kier molecular flexibility index (Phi) is 7.11. The van der Waals surface area contributed by atoms with E-state index in [4.69, 9.17) is 5.26 Å². The van der Waals surface area contributed by atoms with E-state index in [2.05, 4.69) is 56.3 Å². The van der Waals surface area contributed by atoms with Gasteiger partial charge in [0.2, 0.25) is 0 Å². The topological polar surface area (TPSA) is 23.8 Å². The van der Waals surface area contributed by atoms with Gasteiger partial charge < -0.3 is 0 Å². The van der Waals surface area contributed by atoms with Gasteiger partial charge in [-0.1, -0.05) is 69.5 Å². The molecule has 0 aliphatic heterocycles. The summed E-state index contributed by atoms with van der Waals surface area (Å²) in [5, 5.41) is 8.96. The summed E-state index contributed by atoms with van der Waals surface area (Å²) in [5.74, 6) is 2.05. The van der Waals surface area contributed by atoms with E-state index in [1.807, 2.05) is 12.1 Å². The van der Waals surface area contributed by atoms with Crippen LogP contribution in [0.1, 0.15) is 105 Å². The van der Waals surface area contributed by atoms with Crippen molar-refractivity contribution in [2.75, 3.05) is 0 Å². The summed E-state index contributed by atoms with van der Waals surface area (Å²) in [4.78, 5) is 0. The minimum atomic E-state index is 0.659. The van der Waals surface area contributed by atoms with Crippen molar-refractivity contribution in [3.63, 3.8) is 0 Å². The molecule has 3 rings (SSSR count). The first-order valence-electron chi connectivity index (χ1n) is 10.8. The first-order valence-corrected chi connectivity index (χ1v) is 10.8. The molecule has 142 valence electrons. The van der Waals surface area contributed by atoms with Gasteiger partial charge in [0.15, 0.2) is 0 Å². The van der Waals surface area contributed by atoms with E-state index in [0.717, 1.165) is 5.56 Å². The molecule has 1 unspecified atom stereocenters. The average Bonchev–Trinajstić information content (AvgIpc) is 2.74. The molecule has 2 aromatic rings. The maximum atomic E-state index is 8.96. The van der Waals surface area contributed by atoms with Gasteiger partial charge in [0, 0.05) is 0 Å². The molecule has 0 N–H and O–H groups in total. The van der Waals surface area contributed by atoms with Crippen LogP contribution in [0.3, 0.4) is 0 Å². The maximum absolute atomic E-state index is 8.96. The van der Waals surface area contributed by atoms with Crippen molar-refractivity contribution < 1.29 is 0 Å². The number of hydrogen-bond acceptors (Lipinski definition) is 1. The van der Waals surface area contributed by atoms with Crippen LogP contribution in [0.4, 0.5) is 0 Å². The number of nitrogens with zero attached hydrogens (tertiary/aromatic N) is 1. The second-order valence-electron chi connectivity index (χ2n) is 8.35. The average molecular weight is 360 g/mol. The van der Waals surface area contributed by atoms with Crippen LogP contribution in [0, 0.1) is 11.3 Å². The van der Waals surface area contributed by atoms with Gasteiger partial charge in [-0.2, -0.15) is 5.26 Å². The maximum Gasteiger partial charge on any atom is 0.0991 e. The van der Waals surface area contributed by atoms with Crippen molar-refractivity contribution in [1.29, 1.82) is 5.26 Å². The number of benzene rings is 2. The smallest absolute Gasteiger partial charge is 0.0991 e. The number of hydrogen-bond donors (Lipinski definition) is 0. The fourth-order valence-electron chi connectivity index (χ4n) is 4.55. The quantitative estimate of drug-likeness (QED) is 0.465. The van der Waals surface area contributed by atoms with Crippen LogP contribution in [0.2, 0.25) is 0 Å². The van der Waals surface area contributed by atoms with E-state index in [9.17, 15) is 0 Å². The second-order valence-corrected chi connectivity index (χ2v) is 8.35. The molecule has 0 spiro atoms. The van der Waals surface area contributed by atoms with Gasteiger partial charge in [0.1, 0.15) is 0 Å². The molecule has 1 aliphatic carbocycles. The van der Waals surface area contributed by atoms with E-state index < -0.39 is 0 Å². The summed E-state index contributed by atoms with van der Waals surface area (Å²) in [6.07, 6.45) is 10.4. The molecule has 0 radical (unpaired) electrons. The number of rotatable bonds is 7. The SMILES string of the molecule is CCCCCC(C)c1ccc([C@H]2CC[C@H](c3ccc(C#N)cc3)CC2)cc1. The molecule has 1 heteroatoms. The fraction of sp³-hybridized carbons (Fsp3) is 0.500. The Balaban J connectivity index is 1.53. The predicted molar refractivity (Wildman–Crippen MR) is 114 cm³/mol. The Morgan fingerprint density at radius 1 is 0.852 bits per heavy atom. The van der Waals surface area contributed by atoms with E-state index in [1.165, 1.54) is 68.1 Å². The molecule has 1 fully saturated rings. The van der Waals surface area contributed by atoms with Gasteiger partial charge in [-0.25, -0.2) is 0 Å². The van der Waals surface area contributed by atoms with Gasteiger partial charge in [-0.15, -0.1) is 0 Å². The Bertz CT molecular complexity index is 727. The first kappa shape index (κ1) is 19.7. The summed E-state index contributed by atoms with van der Waals surface area (Å²) < 4.78 is 0. The van der Waals surface area contributed by atoms with E-state index in [0.29, 0.717) is 17.8 Å². The highest BCUT2D eigenvalue weighted by Gasteiger charge is 2.23. The van der Waals surface area contributed by atoms with Crippen molar-refractivity contribution in [1.82, 2.24) is 0 Å². The Hall–Kier alpha value is -2.07. The minimum Gasteiger partial charge on any atom is -0.192 e. The molecule has 0 heterocycles. The lowest BCUT2D eigenvalue weighted by atomic mass is 9.76.